The first-order valence-corrected chi connectivity index (χ1v) is 10.4. The summed E-state index contributed by atoms with van der Waals surface area (Å²) in [5, 5.41) is 24.9. The standard InChI is InChI=1S/C18H31N5O8S/c1-8(2)5-11(22-15(27)9(19)6-13(20)24)17(29)21-10(3-4-14(25)26)16(28)23-12(7-32)18(30)31/h8-12,32H,3-7,19H2,1-2H3,(H2,20,24)(H,21,29)(H,22,27)(H,23,28)(H,25,26)(H,30,31). The molecule has 32 heavy (non-hydrogen) atoms. The molecule has 9 N–H and O–H groups in total. The highest BCUT2D eigenvalue weighted by molar-refractivity contribution is 7.80. The van der Waals surface area contributed by atoms with Crippen LogP contribution < -0.4 is 27.4 Å². The minimum atomic E-state index is -1.38. The molecule has 0 saturated heterocycles. The van der Waals surface area contributed by atoms with Gasteiger partial charge in [0, 0.05) is 12.2 Å². The number of carbonyl (C=O) groups is 6. The second-order valence-corrected chi connectivity index (χ2v) is 7.91. The fraction of sp³-hybridized carbons (Fsp3) is 0.667. The fourth-order valence-corrected chi connectivity index (χ4v) is 2.81. The topological polar surface area (TPSA) is 231 Å². The molecule has 4 unspecified atom stereocenters. The highest BCUT2D eigenvalue weighted by Crippen LogP contribution is 2.08. The zero-order valence-corrected chi connectivity index (χ0v) is 18.8. The van der Waals surface area contributed by atoms with E-state index in [-0.39, 0.29) is 24.5 Å². The van der Waals surface area contributed by atoms with Crippen molar-refractivity contribution in [3.05, 3.63) is 0 Å². The molecule has 0 fully saturated rings. The van der Waals surface area contributed by atoms with Gasteiger partial charge < -0.3 is 37.6 Å². The Morgan fingerprint density at radius 3 is 1.81 bits per heavy atom. The Balaban J connectivity index is 5.49. The molecule has 0 aliphatic carbocycles. The number of nitrogens with two attached hydrogens (primary N) is 2. The Labute approximate surface area is 190 Å². The van der Waals surface area contributed by atoms with Gasteiger partial charge in [-0.1, -0.05) is 13.8 Å². The van der Waals surface area contributed by atoms with Gasteiger partial charge in [0.15, 0.2) is 0 Å². The van der Waals surface area contributed by atoms with Gasteiger partial charge in [-0.25, -0.2) is 4.79 Å². The van der Waals surface area contributed by atoms with E-state index in [1.54, 1.807) is 13.8 Å². The van der Waals surface area contributed by atoms with Crippen molar-refractivity contribution in [2.24, 2.45) is 17.4 Å². The smallest absolute Gasteiger partial charge is 0.327 e. The zero-order chi connectivity index (χ0) is 25.0. The Hall–Kier alpha value is -2.87. The molecule has 0 aromatic rings. The number of thiol groups is 1. The third kappa shape index (κ3) is 11.5. The van der Waals surface area contributed by atoms with Gasteiger partial charge in [0.1, 0.15) is 18.1 Å². The Morgan fingerprint density at radius 1 is 0.875 bits per heavy atom. The highest BCUT2D eigenvalue weighted by Gasteiger charge is 2.30. The molecule has 0 saturated carbocycles. The van der Waals surface area contributed by atoms with Gasteiger partial charge in [-0.05, 0) is 18.8 Å². The van der Waals surface area contributed by atoms with E-state index in [4.69, 9.17) is 21.7 Å². The monoisotopic (exact) mass is 477 g/mol. The summed E-state index contributed by atoms with van der Waals surface area (Å²) in [7, 11) is 0. The third-order valence-corrected chi connectivity index (χ3v) is 4.54. The minimum absolute atomic E-state index is 0.0784. The normalized spacial score (nSPS) is 14.5. The molecular weight excluding hydrogens is 446 g/mol. The van der Waals surface area contributed by atoms with Crippen molar-refractivity contribution < 1.29 is 39.0 Å². The molecule has 0 radical (unpaired) electrons. The van der Waals surface area contributed by atoms with Crippen LogP contribution in [0.25, 0.3) is 0 Å². The van der Waals surface area contributed by atoms with Crippen LogP contribution in [0, 0.1) is 5.92 Å². The van der Waals surface area contributed by atoms with E-state index in [0.717, 1.165) is 0 Å². The zero-order valence-electron chi connectivity index (χ0n) is 17.9. The average Bonchev–Trinajstić information content (AvgIpc) is 2.66. The van der Waals surface area contributed by atoms with Crippen molar-refractivity contribution in [3.8, 4) is 0 Å². The van der Waals surface area contributed by atoms with Gasteiger partial charge in [-0.15, -0.1) is 0 Å². The fourth-order valence-electron chi connectivity index (χ4n) is 2.56. The molecule has 4 atom stereocenters. The number of carboxylic acid groups (broad SMARTS) is 2. The molecule has 0 rings (SSSR count). The molecule has 0 aromatic heterocycles. The van der Waals surface area contributed by atoms with Crippen molar-refractivity contribution in [1.82, 2.24) is 16.0 Å². The SMILES string of the molecule is CC(C)CC(NC(=O)C(N)CC(N)=O)C(=O)NC(CCC(=O)O)C(=O)NC(CS)C(=O)O. The summed E-state index contributed by atoms with van der Waals surface area (Å²) >= 11 is 3.83. The van der Waals surface area contributed by atoms with Crippen LogP contribution in [-0.2, 0) is 28.8 Å². The maximum Gasteiger partial charge on any atom is 0.327 e. The first-order valence-electron chi connectivity index (χ1n) is 9.78. The van der Waals surface area contributed by atoms with Crippen LogP contribution >= 0.6 is 12.6 Å². The molecule has 4 amide bonds. The summed E-state index contributed by atoms with van der Waals surface area (Å²) in [6.45, 7) is 3.54. The van der Waals surface area contributed by atoms with Crippen molar-refractivity contribution >= 4 is 48.2 Å². The van der Waals surface area contributed by atoms with Crippen molar-refractivity contribution in [3.63, 3.8) is 0 Å². The van der Waals surface area contributed by atoms with Crippen molar-refractivity contribution in [1.29, 1.82) is 0 Å². The van der Waals surface area contributed by atoms with Gasteiger partial charge in [-0.2, -0.15) is 12.6 Å². The van der Waals surface area contributed by atoms with Gasteiger partial charge in [0.25, 0.3) is 0 Å². The second kappa shape index (κ2) is 14.2. The van der Waals surface area contributed by atoms with E-state index >= 15 is 0 Å². The first kappa shape index (κ1) is 29.1. The lowest BCUT2D eigenvalue weighted by Crippen LogP contribution is -2.57. The van der Waals surface area contributed by atoms with Crippen LogP contribution in [-0.4, -0.2) is 75.7 Å². The molecule has 0 spiro atoms. The Morgan fingerprint density at radius 2 is 1.38 bits per heavy atom. The predicted octanol–water partition coefficient (Wildman–Crippen LogP) is -2.43. The number of hydrogen-bond acceptors (Lipinski definition) is 8. The van der Waals surface area contributed by atoms with E-state index in [2.05, 4.69) is 28.6 Å². The maximum absolute atomic E-state index is 12.8. The van der Waals surface area contributed by atoms with Crippen LogP contribution in [0.4, 0.5) is 0 Å². The van der Waals surface area contributed by atoms with Gasteiger partial charge in [0.05, 0.1) is 12.5 Å². The van der Waals surface area contributed by atoms with Crippen LogP contribution in [0.15, 0.2) is 0 Å². The summed E-state index contributed by atoms with van der Waals surface area (Å²) in [6.07, 6.45) is -1.11. The van der Waals surface area contributed by atoms with E-state index in [1.807, 2.05) is 0 Å². The molecule has 13 nitrogen and oxygen atoms in total. The summed E-state index contributed by atoms with van der Waals surface area (Å²) in [6, 6.07) is -5.17. The summed E-state index contributed by atoms with van der Waals surface area (Å²) in [5.41, 5.74) is 10.6. The van der Waals surface area contributed by atoms with E-state index in [1.165, 1.54) is 0 Å². The first-order chi connectivity index (χ1) is 14.8. The predicted molar refractivity (Wildman–Crippen MR) is 115 cm³/mol. The van der Waals surface area contributed by atoms with Crippen LogP contribution in [0.5, 0.6) is 0 Å². The van der Waals surface area contributed by atoms with Gasteiger partial charge in [0.2, 0.25) is 23.6 Å². The number of carbonyl (C=O) groups excluding carboxylic acids is 4. The Bertz CT molecular complexity index is 717. The summed E-state index contributed by atoms with van der Waals surface area (Å²) in [5.74, 6) is -6.23. The third-order valence-electron chi connectivity index (χ3n) is 4.17. The molecular formula is C18H31N5O8S. The van der Waals surface area contributed by atoms with Crippen molar-refractivity contribution in [2.45, 2.75) is 63.7 Å². The summed E-state index contributed by atoms with van der Waals surface area (Å²) in [4.78, 5) is 70.5. The van der Waals surface area contributed by atoms with E-state index in [0.29, 0.717) is 0 Å². The van der Waals surface area contributed by atoms with Crippen LogP contribution in [0.1, 0.15) is 39.5 Å². The van der Waals surface area contributed by atoms with E-state index < -0.39 is 72.6 Å². The number of aliphatic carboxylic acids is 2. The molecule has 182 valence electrons. The average molecular weight is 478 g/mol. The molecule has 0 aliphatic rings. The van der Waals surface area contributed by atoms with Crippen molar-refractivity contribution in [2.75, 3.05) is 5.75 Å². The van der Waals surface area contributed by atoms with Gasteiger partial charge in [-0.3, -0.25) is 24.0 Å². The van der Waals surface area contributed by atoms with E-state index in [9.17, 15) is 28.8 Å². The second-order valence-electron chi connectivity index (χ2n) is 7.54. The minimum Gasteiger partial charge on any atom is -0.481 e. The van der Waals surface area contributed by atoms with Gasteiger partial charge >= 0.3 is 11.9 Å². The van der Waals surface area contributed by atoms with Crippen LogP contribution in [0.3, 0.4) is 0 Å². The lowest BCUT2D eigenvalue weighted by Gasteiger charge is -2.25. The lowest BCUT2D eigenvalue weighted by atomic mass is 10.0. The maximum atomic E-state index is 12.8. The van der Waals surface area contributed by atoms with Crippen LogP contribution in [0.2, 0.25) is 0 Å². The largest absolute Gasteiger partial charge is 0.481 e. The number of nitrogens with one attached hydrogen (secondary N) is 3. The number of amides is 4. The summed E-state index contributed by atoms with van der Waals surface area (Å²) < 4.78 is 0. The quantitative estimate of drug-likeness (QED) is 0.117. The number of primary amides is 1. The molecule has 0 aliphatic heterocycles. The molecule has 0 aromatic carbocycles. The number of hydrogen-bond donors (Lipinski definition) is 8. The molecule has 0 heterocycles. The lowest BCUT2D eigenvalue weighted by molar-refractivity contribution is -0.142. The number of carboxylic acids is 2. The molecule has 14 heteroatoms. The number of rotatable bonds is 15. The highest BCUT2D eigenvalue weighted by atomic mass is 32.1. The Kier molecular flexibility index (Phi) is 13.0. The molecule has 0 bridgehead atoms.